The molecule has 20 heavy (non-hydrogen) atoms. The van der Waals surface area contributed by atoms with Crippen molar-refractivity contribution in [3.05, 3.63) is 64.7 Å². The Morgan fingerprint density at radius 3 is 2.60 bits per heavy atom. The maximum atomic E-state index is 12.0. The van der Waals surface area contributed by atoms with E-state index in [1.807, 2.05) is 6.07 Å². The zero-order chi connectivity index (χ0) is 13.9. The van der Waals surface area contributed by atoms with Crippen LogP contribution in [0.3, 0.4) is 0 Å². The van der Waals surface area contributed by atoms with Gasteiger partial charge in [-0.05, 0) is 58.4 Å². The molecule has 0 atom stereocenters. The van der Waals surface area contributed by atoms with E-state index in [4.69, 9.17) is 11.6 Å². The van der Waals surface area contributed by atoms with Crippen molar-refractivity contribution in [2.24, 2.45) is 0 Å². The first-order chi connectivity index (χ1) is 9.72. The van der Waals surface area contributed by atoms with Crippen LogP contribution in [-0.4, -0.2) is 16.1 Å². The smallest absolute Gasteiger partial charge is 0.185 e. The molecule has 0 spiro atoms. The second kappa shape index (κ2) is 5.27. The normalized spacial score (nSPS) is 11.2. The number of hydrogen-bond donors (Lipinski definition) is 0. The largest absolute Gasteiger partial charge is 0.289 e. The number of nitrogens with zero attached hydrogens (tertiary/aromatic N) is 2. The Morgan fingerprint density at radius 2 is 1.80 bits per heavy atom. The molecule has 3 aromatic rings. The summed E-state index contributed by atoms with van der Waals surface area (Å²) >= 11 is 5.78. The lowest BCUT2D eigenvalue weighted by Gasteiger charge is -1.96. The van der Waals surface area contributed by atoms with Gasteiger partial charge >= 0.3 is 0 Å². The topological polar surface area (TPSA) is 56.0 Å². The van der Waals surface area contributed by atoms with E-state index in [-0.39, 0.29) is 5.78 Å². The maximum absolute atomic E-state index is 12.0. The van der Waals surface area contributed by atoms with Crippen LogP contribution in [0.25, 0.3) is 17.1 Å². The number of fused-ring (bicyclic) bond motifs is 1. The van der Waals surface area contributed by atoms with Gasteiger partial charge in [-0.3, -0.25) is 4.79 Å². The quantitative estimate of drug-likeness (QED) is 0.542. The van der Waals surface area contributed by atoms with E-state index in [0.717, 1.165) is 5.56 Å². The number of allylic oxidation sites excluding steroid dienone is 1. The molecule has 4 nitrogen and oxygen atoms in total. The summed E-state index contributed by atoms with van der Waals surface area (Å²) in [4.78, 5) is 12.0. The van der Waals surface area contributed by atoms with Crippen molar-refractivity contribution in [3.63, 3.8) is 0 Å². The molecule has 1 aromatic heterocycles. The molecule has 0 bridgehead atoms. The Hall–Kier alpha value is -2.46. The second-order valence-electron chi connectivity index (χ2n) is 4.22. The summed E-state index contributed by atoms with van der Waals surface area (Å²) < 4.78 is 4.62. The first kappa shape index (κ1) is 12.6. The molecule has 5 heteroatoms. The van der Waals surface area contributed by atoms with Crippen LogP contribution in [-0.2, 0) is 0 Å². The van der Waals surface area contributed by atoms with Gasteiger partial charge in [-0.15, -0.1) is 0 Å². The van der Waals surface area contributed by atoms with E-state index in [0.29, 0.717) is 21.6 Å². The molecule has 0 N–H and O–H groups in total. The lowest BCUT2D eigenvalue weighted by Crippen LogP contribution is -1.93. The van der Waals surface area contributed by atoms with Gasteiger partial charge in [0, 0.05) is 10.6 Å². The minimum atomic E-state index is -0.0833. The van der Waals surface area contributed by atoms with Gasteiger partial charge in [0.2, 0.25) is 0 Å². The molecule has 0 saturated carbocycles. The Balaban J connectivity index is 1.82. The lowest BCUT2D eigenvalue weighted by atomic mass is 10.1. The molecule has 98 valence electrons. The van der Waals surface area contributed by atoms with Gasteiger partial charge < -0.3 is 0 Å². The fourth-order valence-electron chi connectivity index (χ4n) is 1.79. The van der Waals surface area contributed by atoms with Gasteiger partial charge in [-0.1, -0.05) is 23.7 Å². The molecule has 0 aliphatic carbocycles. The van der Waals surface area contributed by atoms with Gasteiger partial charge in [0.1, 0.15) is 11.0 Å². The average Bonchev–Trinajstić information content (AvgIpc) is 2.93. The predicted octanol–water partition coefficient (Wildman–Crippen LogP) is 3.77. The van der Waals surface area contributed by atoms with E-state index in [2.05, 4.69) is 14.9 Å². The number of hydrogen-bond acceptors (Lipinski definition) is 4. The number of halogens is 1. The SMILES string of the molecule is O=C(C=Cc1ccc2nonc2c1)c1ccc(Cl)cc1. The zero-order valence-corrected chi connectivity index (χ0v) is 11.0. The van der Waals surface area contributed by atoms with Gasteiger partial charge in [-0.2, -0.15) is 0 Å². The Kier molecular flexibility index (Phi) is 3.31. The maximum Gasteiger partial charge on any atom is 0.185 e. The fraction of sp³-hybridized carbons (Fsp3) is 0. The Bertz CT molecular complexity index is 791. The summed E-state index contributed by atoms with van der Waals surface area (Å²) in [6.07, 6.45) is 3.24. The zero-order valence-electron chi connectivity index (χ0n) is 10.3. The fourth-order valence-corrected chi connectivity index (χ4v) is 1.91. The van der Waals surface area contributed by atoms with E-state index >= 15 is 0 Å². The molecule has 0 fully saturated rings. The number of ketones is 1. The third kappa shape index (κ3) is 2.60. The molecule has 1 heterocycles. The second-order valence-corrected chi connectivity index (χ2v) is 4.65. The van der Waals surface area contributed by atoms with Gasteiger partial charge in [0.05, 0.1) is 0 Å². The molecule has 0 aliphatic heterocycles. The van der Waals surface area contributed by atoms with Crippen molar-refractivity contribution < 1.29 is 9.42 Å². The number of carbonyl (C=O) groups excluding carboxylic acids is 1. The minimum absolute atomic E-state index is 0.0833. The molecule has 0 radical (unpaired) electrons. The van der Waals surface area contributed by atoms with Gasteiger partial charge in [-0.25, -0.2) is 4.63 Å². The Morgan fingerprint density at radius 1 is 1.05 bits per heavy atom. The van der Waals surface area contributed by atoms with Crippen molar-refractivity contribution >= 4 is 34.5 Å². The highest BCUT2D eigenvalue weighted by Gasteiger charge is 2.02. The number of carbonyl (C=O) groups is 1. The first-order valence-electron chi connectivity index (χ1n) is 5.93. The van der Waals surface area contributed by atoms with Crippen LogP contribution in [0.2, 0.25) is 5.02 Å². The van der Waals surface area contributed by atoms with Crippen LogP contribution >= 0.6 is 11.6 Å². The average molecular weight is 285 g/mol. The summed E-state index contributed by atoms with van der Waals surface area (Å²) in [6.45, 7) is 0. The monoisotopic (exact) mass is 284 g/mol. The highest BCUT2D eigenvalue weighted by atomic mass is 35.5. The van der Waals surface area contributed by atoms with Crippen LogP contribution in [0.5, 0.6) is 0 Å². The van der Waals surface area contributed by atoms with Crippen LogP contribution in [0, 0.1) is 0 Å². The Labute approximate surface area is 119 Å². The van der Waals surface area contributed by atoms with Crippen LogP contribution in [0.15, 0.2) is 53.2 Å². The summed E-state index contributed by atoms with van der Waals surface area (Å²) in [5.74, 6) is -0.0833. The number of benzene rings is 2. The molecular weight excluding hydrogens is 276 g/mol. The lowest BCUT2D eigenvalue weighted by molar-refractivity contribution is 0.104. The van der Waals surface area contributed by atoms with Crippen LogP contribution in [0.4, 0.5) is 0 Å². The standard InChI is InChI=1S/C15H9ClN2O2/c16-12-5-3-11(4-6-12)15(19)8-2-10-1-7-13-14(9-10)18-20-17-13/h1-9H. The molecule has 2 aromatic carbocycles. The number of rotatable bonds is 3. The minimum Gasteiger partial charge on any atom is -0.289 e. The van der Waals surface area contributed by atoms with Crippen molar-refractivity contribution in [1.29, 1.82) is 0 Å². The van der Waals surface area contributed by atoms with E-state index in [1.165, 1.54) is 6.08 Å². The van der Waals surface area contributed by atoms with E-state index < -0.39 is 0 Å². The summed E-state index contributed by atoms with van der Waals surface area (Å²) in [5, 5.41) is 8.08. The van der Waals surface area contributed by atoms with Gasteiger partial charge in [0.15, 0.2) is 5.78 Å². The third-order valence-corrected chi connectivity index (χ3v) is 3.09. The molecular formula is C15H9ClN2O2. The molecule has 0 aliphatic rings. The van der Waals surface area contributed by atoms with Crippen LogP contribution < -0.4 is 0 Å². The van der Waals surface area contributed by atoms with E-state index in [1.54, 1.807) is 42.5 Å². The van der Waals surface area contributed by atoms with Gasteiger partial charge in [0.25, 0.3) is 0 Å². The molecule has 0 saturated heterocycles. The highest BCUT2D eigenvalue weighted by molar-refractivity contribution is 6.30. The highest BCUT2D eigenvalue weighted by Crippen LogP contribution is 2.14. The van der Waals surface area contributed by atoms with Crippen LogP contribution in [0.1, 0.15) is 15.9 Å². The van der Waals surface area contributed by atoms with Crippen molar-refractivity contribution in [2.75, 3.05) is 0 Å². The number of aromatic nitrogens is 2. The molecule has 0 unspecified atom stereocenters. The summed E-state index contributed by atoms with van der Waals surface area (Å²) in [5.41, 5.74) is 2.79. The van der Waals surface area contributed by atoms with Crippen molar-refractivity contribution in [1.82, 2.24) is 10.3 Å². The van der Waals surface area contributed by atoms with Crippen molar-refractivity contribution in [2.45, 2.75) is 0 Å². The van der Waals surface area contributed by atoms with Crippen molar-refractivity contribution in [3.8, 4) is 0 Å². The third-order valence-electron chi connectivity index (χ3n) is 2.83. The molecule has 0 amide bonds. The predicted molar refractivity (Wildman–Crippen MR) is 76.6 cm³/mol. The van der Waals surface area contributed by atoms with E-state index in [9.17, 15) is 4.79 Å². The summed E-state index contributed by atoms with van der Waals surface area (Å²) in [6, 6.07) is 12.2. The summed E-state index contributed by atoms with van der Waals surface area (Å²) in [7, 11) is 0. The molecule has 3 rings (SSSR count). The first-order valence-corrected chi connectivity index (χ1v) is 6.30.